The standard InChI is InChI=1S/C19H20BrNO5/c1-12(13-7-9-14(20)10-8-13)21-17(22)11-26-19(23)15-5-4-6-16(24-2)18(15)25-3/h4-10,12H,11H2,1-3H3,(H,21,22). The quantitative estimate of drug-likeness (QED) is 0.692. The molecule has 0 saturated carbocycles. The summed E-state index contributed by atoms with van der Waals surface area (Å²) < 4.78 is 16.4. The van der Waals surface area contributed by atoms with E-state index in [0.717, 1.165) is 10.0 Å². The number of rotatable bonds is 7. The zero-order chi connectivity index (χ0) is 19.1. The summed E-state index contributed by atoms with van der Waals surface area (Å²) in [5, 5.41) is 2.79. The molecular weight excluding hydrogens is 402 g/mol. The number of ether oxygens (including phenoxy) is 3. The third-order valence-electron chi connectivity index (χ3n) is 3.70. The van der Waals surface area contributed by atoms with Crippen molar-refractivity contribution < 1.29 is 23.8 Å². The summed E-state index contributed by atoms with van der Waals surface area (Å²) in [7, 11) is 2.91. The van der Waals surface area contributed by atoms with E-state index in [-0.39, 0.29) is 24.0 Å². The molecule has 0 fully saturated rings. The van der Waals surface area contributed by atoms with Gasteiger partial charge in [-0.2, -0.15) is 0 Å². The summed E-state index contributed by atoms with van der Waals surface area (Å²) in [6.07, 6.45) is 0. The first-order chi connectivity index (χ1) is 12.5. The Morgan fingerprint density at radius 3 is 2.38 bits per heavy atom. The molecule has 26 heavy (non-hydrogen) atoms. The van der Waals surface area contributed by atoms with Gasteiger partial charge in [0.15, 0.2) is 18.1 Å². The molecule has 0 saturated heterocycles. The summed E-state index contributed by atoms with van der Waals surface area (Å²) in [6.45, 7) is 1.47. The van der Waals surface area contributed by atoms with E-state index < -0.39 is 11.9 Å². The summed E-state index contributed by atoms with van der Waals surface area (Å²) >= 11 is 3.37. The largest absolute Gasteiger partial charge is 0.493 e. The van der Waals surface area contributed by atoms with E-state index in [4.69, 9.17) is 14.2 Å². The van der Waals surface area contributed by atoms with Gasteiger partial charge in [-0.25, -0.2) is 4.79 Å². The van der Waals surface area contributed by atoms with Crippen LogP contribution < -0.4 is 14.8 Å². The van der Waals surface area contributed by atoms with Crippen LogP contribution in [0.2, 0.25) is 0 Å². The summed E-state index contributed by atoms with van der Waals surface area (Å²) in [4.78, 5) is 24.3. The van der Waals surface area contributed by atoms with Gasteiger partial charge in [-0.05, 0) is 36.8 Å². The molecule has 6 nitrogen and oxygen atoms in total. The first kappa shape index (κ1) is 19.8. The first-order valence-corrected chi connectivity index (χ1v) is 8.68. The van der Waals surface area contributed by atoms with Crippen molar-refractivity contribution in [2.24, 2.45) is 0 Å². The molecule has 0 aliphatic rings. The summed E-state index contributed by atoms with van der Waals surface area (Å²) in [5.41, 5.74) is 1.14. The summed E-state index contributed by atoms with van der Waals surface area (Å²) in [5.74, 6) is -0.373. The Hall–Kier alpha value is -2.54. The number of halogens is 1. The van der Waals surface area contributed by atoms with Crippen LogP contribution in [-0.4, -0.2) is 32.7 Å². The number of hydrogen-bond acceptors (Lipinski definition) is 5. The van der Waals surface area contributed by atoms with Crippen LogP contribution in [0.15, 0.2) is 46.9 Å². The Labute approximate surface area is 160 Å². The van der Waals surface area contributed by atoms with Gasteiger partial charge >= 0.3 is 5.97 Å². The number of carbonyl (C=O) groups excluding carboxylic acids is 2. The molecule has 2 rings (SSSR count). The molecule has 138 valence electrons. The number of carbonyl (C=O) groups is 2. The fourth-order valence-corrected chi connectivity index (χ4v) is 2.64. The van der Waals surface area contributed by atoms with Crippen LogP contribution in [0.5, 0.6) is 11.5 Å². The van der Waals surface area contributed by atoms with Gasteiger partial charge in [0, 0.05) is 4.47 Å². The van der Waals surface area contributed by atoms with Crippen molar-refractivity contribution in [3.63, 3.8) is 0 Å². The predicted molar refractivity (Wildman–Crippen MR) is 101 cm³/mol. The zero-order valence-electron chi connectivity index (χ0n) is 14.7. The number of benzene rings is 2. The monoisotopic (exact) mass is 421 g/mol. The number of esters is 1. The lowest BCUT2D eigenvalue weighted by molar-refractivity contribution is -0.124. The maximum Gasteiger partial charge on any atom is 0.342 e. The van der Waals surface area contributed by atoms with E-state index in [9.17, 15) is 9.59 Å². The van der Waals surface area contributed by atoms with E-state index in [0.29, 0.717) is 5.75 Å². The van der Waals surface area contributed by atoms with Crippen LogP contribution in [0.1, 0.15) is 28.9 Å². The minimum absolute atomic E-state index is 0.195. The van der Waals surface area contributed by atoms with Crippen LogP contribution in [-0.2, 0) is 9.53 Å². The molecule has 0 aliphatic carbocycles. The Morgan fingerprint density at radius 2 is 1.77 bits per heavy atom. The molecule has 1 N–H and O–H groups in total. The normalized spacial score (nSPS) is 11.4. The molecule has 1 unspecified atom stereocenters. The van der Waals surface area contributed by atoms with E-state index in [1.807, 2.05) is 31.2 Å². The van der Waals surface area contributed by atoms with E-state index >= 15 is 0 Å². The minimum atomic E-state index is -0.660. The van der Waals surface area contributed by atoms with E-state index in [2.05, 4.69) is 21.2 Å². The van der Waals surface area contributed by atoms with Crippen molar-refractivity contribution >= 4 is 27.8 Å². The average molecular weight is 422 g/mol. The first-order valence-electron chi connectivity index (χ1n) is 7.89. The smallest absolute Gasteiger partial charge is 0.342 e. The lowest BCUT2D eigenvalue weighted by Gasteiger charge is -2.15. The van der Waals surface area contributed by atoms with Gasteiger partial charge in [0.25, 0.3) is 5.91 Å². The zero-order valence-corrected chi connectivity index (χ0v) is 16.3. The van der Waals surface area contributed by atoms with Gasteiger partial charge in [0.2, 0.25) is 0 Å². The molecule has 1 amide bonds. The van der Waals surface area contributed by atoms with Crippen LogP contribution in [0, 0.1) is 0 Å². The average Bonchev–Trinajstić information content (AvgIpc) is 2.65. The second-order valence-electron chi connectivity index (χ2n) is 5.46. The Bertz CT molecular complexity index is 776. The van der Waals surface area contributed by atoms with Gasteiger partial charge in [-0.1, -0.05) is 34.1 Å². The number of para-hydroxylation sites is 1. The van der Waals surface area contributed by atoms with Crippen molar-refractivity contribution in [2.45, 2.75) is 13.0 Å². The number of methoxy groups -OCH3 is 2. The van der Waals surface area contributed by atoms with Crippen LogP contribution in [0.4, 0.5) is 0 Å². The summed E-state index contributed by atoms with van der Waals surface area (Å²) in [6, 6.07) is 12.3. The predicted octanol–water partition coefficient (Wildman–Crippen LogP) is 3.50. The van der Waals surface area contributed by atoms with Crippen LogP contribution in [0.25, 0.3) is 0 Å². The molecule has 0 aliphatic heterocycles. The Kier molecular flexibility index (Phi) is 7.03. The van der Waals surface area contributed by atoms with Crippen molar-refractivity contribution in [3.05, 3.63) is 58.1 Å². The van der Waals surface area contributed by atoms with Crippen molar-refractivity contribution in [2.75, 3.05) is 20.8 Å². The van der Waals surface area contributed by atoms with Crippen molar-refractivity contribution in [3.8, 4) is 11.5 Å². The topological polar surface area (TPSA) is 73.9 Å². The number of hydrogen-bond donors (Lipinski definition) is 1. The fraction of sp³-hybridized carbons (Fsp3) is 0.263. The molecule has 0 aromatic heterocycles. The van der Waals surface area contributed by atoms with Crippen molar-refractivity contribution in [1.29, 1.82) is 0 Å². The van der Waals surface area contributed by atoms with Crippen LogP contribution in [0.3, 0.4) is 0 Å². The van der Waals surface area contributed by atoms with E-state index in [1.54, 1.807) is 18.2 Å². The van der Waals surface area contributed by atoms with Crippen LogP contribution >= 0.6 is 15.9 Å². The lowest BCUT2D eigenvalue weighted by atomic mass is 10.1. The van der Waals surface area contributed by atoms with Gasteiger partial charge in [0.1, 0.15) is 5.56 Å². The maximum absolute atomic E-state index is 12.2. The highest BCUT2D eigenvalue weighted by molar-refractivity contribution is 9.10. The second kappa shape index (κ2) is 9.24. The highest BCUT2D eigenvalue weighted by Crippen LogP contribution is 2.31. The molecule has 2 aromatic carbocycles. The highest BCUT2D eigenvalue weighted by Gasteiger charge is 2.19. The van der Waals surface area contributed by atoms with Crippen molar-refractivity contribution in [1.82, 2.24) is 5.32 Å². The number of amides is 1. The van der Waals surface area contributed by atoms with Gasteiger partial charge < -0.3 is 19.5 Å². The molecule has 0 radical (unpaired) electrons. The molecule has 1 atom stereocenters. The maximum atomic E-state index is 12.2. The molecule has 7 heteroatoms. The molecular formula is C19H20BrNO5. The fourth-order valence-electron chi connectivity index (χ4n) is 2.37. The third-order valence-corrected chi connectivity index (χ3v) is 4.23. The Morgan fingerprint density at radius 1 is 1.08 bits per heavy atom. The third kappa shape index (κ3) is 4.98. The van der Waals surface area contributed by atoms with Gasteiger partial charge in [0.05, 0.1) is 20.3 Å². The number of nitrogens with one attached hydrogen (secondary N) is 1. The van der Waals surface area contributed by atoms with E-state index in [1.165, 1.54) is 14.2 Å². The second-order valence-corrected chi connectivity index (χ2v) is 6.37. The van der Waals surface area contributed by atoms with Gasteiger partial charge in [-0.15, -0.1) is 0 Å². The lowest BCUT2D eigenvalue weighted by Crippen LogP contribution is -2.31. The molecule has 2 aromatic rings. The highest BCUT2D eigenvalue weighted by atomic mass is 79.9. The van der Waals surface area contributed by atoms with Gasteiger partial charge in [-0.3, -0.25) is 4.79 Å². The molecule has 0 bridgehead atoms. The Balaban J connectivity index is 1.95. The minimum Gasteiger partial charge on any atom is -0.493 e. The molecule has 0 heterocycles. The SMILES string of the molecule is COc1cccc(C(=O)OCC(=O)NC(C)c2ccc(Br)cc2)c1OC. The molecule has 0 spiro atoms.